The van der Waals surface area contributed by atoms with E-state index in [9.17, 15) is 4.79 Å². The molecule has 1 amide bonds. The van der Waals surface area contributed by atoms with Gasteiger partial charge in [-0.25, -0.2) is 0 Å². The van der Waals surface area contributed by atoms with Gasteiger partial charge in [0.15, 0.2) is 4.34 Å². The Labute approximate surface area is 116 Å². The Balaban J connectivity index is 2.57. The molecule has 0 aliphatic carbocycles. The van der Waals surface area contributed by atoms with Crippen molar-refractivity contribution >= 4 is 29.0 Å². The van der Waals surface area contributed by atoms with Crippen molar-refractivity contribution in [3.05, 3.63) is 5.51 Å². The number of nitrogens with two attached hydrogens (primary N) is 1. The number of carbonyl (C=O) groups excluding carboxylic acids is 1. The van der Waals surface area contributed by atoms with Gasteiger partial charge in [-0.1, -0.05) is 36.9 Å². The topological polar surface area (TPSA) is 80.9 Å². The molecule has 0 bridgehead atoms. The molecular weight excluding hydrogens is 268 g/mol. The summed E-state index contributed by atoms with van der Waals surface area (Å²) in [4.78, 5) is 11.6. The molecule has 5 nitrogen and oxygen atoms in total. The maximum atomic E-state index is 11.6. The minimum absolute atomic E-state index is 0.250. The number of aromatic nitrogens is 2. The second-order valence-electron chi connectivity index (χ2n) is 4.46. The molecule has 0 saturated heterocycles. The van der Waals surface area contributed by atoms with Crippen LogP contribution in [0.3, 0.4) is 0 Å². The van der Waals surface area contributed by atoms with Gasteiger partial charge in [-0.3, -0.25) is 4.79 Å². The first-order valence-electron chi connectivity index (χ1n) is 5.95. The third-order valence-corrected chi connectivity index (χ3v) is 4.56. The summed E-state index contributed by atoms with van der Waals surface area (Å²) in [6.07, 6.45) is 1.65. The molecule has 2 atom stereocenters. The molecule has 7 heteroatoms. The fraction of sp³-hybridized carbons (Fsp3) is 0.727. The van der Waals surface area contributed by atoms with E-state index in [1.54, 1.807) is 17.3 Å². The Morgan fingerprint density at radius 2 is 2.44 bits per heavy atom. The van der Waals surface area contributed by atoms with Gasteiger partial charge in [0.25, 0.3) is 0 Å². The van der Waals surface area contributed by atoms with Gasteiger partial charge in [-0.05, 0) is 26.3 Å². The second kappa shape index (κ2) is 7.06. The van der Waals surface area contributed by atoms with Crippen LogP contribution in [0, 0.1) is 0 Å². The highest BCUT2D eigenvalue weighted by atomic mass is 32.2. The van der Waals surface area contributed by atoms with E-state index in [1.807, 2.05) is 6.92 Å². The highest BCUT2D eigenvalue weighted by molar-refractivity contribution is 8.01. The van der Waals surface area contributed by atoms with E-state index in [-0.39, 0.29) is 11.2 Å². The molecule has 1 heterocycles. The number of hydrogen-bond acceptors (Lipinski definition) is 6. The van der Waals surface area contributed by atoms with Crippen LogP contribution in [0.4, 0.5) is 0 Å². The molecule has 0 aromatic carbocycles. The molecule has 0 spiro atoms. The zero-order valence-electron chi connectivity index (χ0n) is 11.0. The van der Waals surface area contributed by atoms with E-state index in [2.05, 4.69) is 29.4 Å². The number of nitrogens with zero attached hydrogens (tertiary/aromatic N) is 2. The van der Waals surface area contributed by atoms with E-state index in [1.165, 1.54) is 11.3 Å². The van der Waals surface area contributed by atoms with Crippen LogP contribution in [0.1, 0.15) is 33.6 Å². The molecule has 0 aliphatic heterocycles. The minimum Gasteiger partial charge on any atom is -0.368 e. The van der Waals surface area contributed by atoms with E-state index in [0.717, 1.165) is 17.3 Å². The summed E-state index contributed by atoms with van der Waals surface area (Å²) in [7, 11) is 0. The van der Waals surface area contributed by atoms with Crippen molar-refractivity contribution in [1.82, 2.24) is 15.5 Å². The lowest BCUT2D eigenvalue weighted by molar-refractivity contribution is -0.124. The van der Waals surface area contributed by atoms with Crippen LogP contribution >= 0.6 is 23.1 Å². The largest absolute Gasteiger partial charge is 0.368 e. The molecule has 1 rings (SSSR count). The van der Waals surface area contributed by atoms with E-state index in [4.69, 9.17) is 5.73 Å². The predicted octanol–water partition coefficient (Wildman–Crippen LogP) is 1.65. The smallest absolute Gasteiger partial charge is 0.237 e. The van der Waals surface area contributed by atoms with Crippen LogP contribution in [0.5, 0.6) is 0 Å². The number of carbonyl (C=O) groups is 1. The minimum atomic E-state index is -0.660. The van der Waals surface area contributed by atoms with Crippen LogP contribution in [0.25, 0.3) is 0 Å². The summed E-state index contributed by atoms with van der Waals surface area (Å²) < 4.78 is 0.921. The molecule has 0 fully saturated rings. The number of amides is 1. The van der Waals surface area contributed by atoms with Crippen molar-refractivity contribution in [3.8, 4) is 0 Å². The Kier molecular flexibility index (Phi) is 6.04. The molecule has 102 valence electrons. The summed E-state index contributed by atoms with van der Waals surface area (Å²) >= 11 is 3.13. The van der Waals surface area contributed by atoms with Gasteiger partial charge in [0.05, 0.1) is 5.54 Å². The average Bonchev–Trinajstić information content (AvgIpc) is 2.78. The highest BCUT2D eigenvalue weighted by Gasteiger charge is 2.32. The van der Waals surface area contributed by atoms with Crippen molar-refractivity contribution in [1.29, 1.82) is 0 Å². The van der Waals surface area contributed by atoms with Crippen LogP contribution in [-0.4, -0.2) is 33.4 Å². The molecule has 0 radical (unpaired) electrons. The SMILES string of the molecule is CCCNC(C)(CC(C)Sc1nncs1)C(N)=O. The molecule has 0 saturated carbocycles. The third kappa shape index (κ3) is 4.55. The highest BCUT2D eigenvalue weighted by Crippen LogP contribution is 2.29. The van der Waals surface area contributed by atoms with Gasteiger partial charge < -0.3 is 11.1 Å². The third-order valence-electron chi connectivity index (χ3n) is 2.65. The Morgan fingerprint density at radius 3 is 2.94 bits per heavy atom. The van der Waals surface area contributed by atoms with Crippen molar-refractivity contribution in [3.63, 3.8) is 0 Å². The lowest BCUT2D eigenvalue weighted by atomic mass is 9.95. The first-order chi connectivity index (χ1) is 8.48. The van der Waals surface area contributed by atoms with Gasteiger partial charge in [0, 0.05) is 5.25 Å². The van der Waals surface area contributed by atoms with Crippen molar-refractivity contribution < 1.29 is 4.79 Å². The number of primary amides is 1. The molecule has 1 aromatic rings. The van der Waals surface area contributed by atoms with E-state index in [0.29, 0.717) is 6.42 Å². The molecule has 2 unspecified atom stereocenters. The van der Waals surface area contributed by atoms with Gasteiger partial charge >= 0.3 is 0 Å². The molecule has 1 aromatic heterocycles. The Hall–Kier alpha value is -0.660. The molecule has 0 aliphatic rings. The summed E-state index contributed by atoms with van der Waals surface area (Å²) in [5.74, 6) is -0.305. The number of thioether (sulfide) groups is 1. The molecule has 18 heavy (non-hydrogen) atoms. The molecule has 3 N–H and O–H groups in total. The van der Waals surface area contributed by atoms with Gasteiger partial charge in [0.1, 0.15) is 5.51 Å². The quantitative estimate of drug-likeness (QED) is 0.711. The van der Waals surface area contributed by atoms with Gasteiger partial charge in [0.2, 0.25) is 5.91 Å². The zero-order valence-corrected chi connectivity index (χ0v) is 12.6. The van der Waals surface area contributed by atoms with E-state index >= 15 is 0 Å². The zero-order chi connectivity index (χ0) is 13.6. The van der Waals surface area contributed by atoms with Crippen LogP contribution in [0.15, 0.2) is 9.85 Å². The summed E-state index contributed by atoms with van der Waals surface area (Å²) in [5.41, 5.74) is 6.54. The maximum absolute atomic E-state index is 11.6. The first-order valence-corrected chi connectivity index (χ1v) is 7.71. The number of rotatable bonds is 8. The van der Waals surface area contributed by atoms with Crippen LogP contribution in [0.2, 0.25) is 0 Å². The first kappa shape index (κ1) is 15.4. The second-order valence-corrected chi connectivity index (χ2v) is 6.98. The lowest BCUT2D eigenvalue weighted by Gasteiger charge is -2.29. The van der Waals surface area contributed by atoms with Crippen molar-refractivity contribution in [2.75, 3.05) is 6.54 Å². The van der Waals surface area contributed by atoms with Crippen LogP contribution < -0.4 is 11.1 Å². The van der Waals surface area contributed by atoms with Crippen LogP contribution in [-0.2, 0) is 4.79 Å². The van der Waals surface area contributed by atoms with Crippen molar-refractivity contribution in [2.24, 2.45) is 5.73 Å². The van der Waals surface area contributed by atoms with E-state index < -0.39 is 5.54 Å². The van der Waals surface area contributed by atoms with Gasteiger partial charge in [-0.15, -0.1) is 10.2 Å². The monoisotopic (exact) mass is 288 g/mol. The number of hydrogen-bond donors (Lipinski definition) is 2. The summed E-state index contributed by atoms with van der Waals surface area (Å²) in [5, 5.41) is 11.3. The Bertz CT molecular complexity index is 371. The summed E-state index contributed by atoms with van der Waals surface area (Å²) in [6.45, 7) is 6.78. The van der Waals surface area contributed by atoms with Gasteiger partial charge in [-0.2, -0.15) is 0 Å². The fourth-order valence-electron chi connectivity index (χ4n) is 1.66. The lowest BCUT2D eigenvalue weighted by Crippen LogP contribution is -2.54. The summed E-state index contributed by atoms with van der Waals surface area (Å²) in [6, 6.07) is 0. The fourth-order valence-corrected chi connectivity index (χ4v) is 3.64. The molecular formula is C11H20N4OS2. The normalized spacial score (nSPS) is 16.2. The van der Waals surface area contributed by atoms with Crippen molar-refractivity contribution in [2.45, 2.75) is 48.7 Å². The maximum Gasteiger partial charge on any atom is 0.237 e. The standard InChI is InChI=1S/C11H20N4OS2/c1-4-5-13-11(3,9(12)16)6-8(2)18-10-15-14-7-17-10/h7-8,13H,4-6H2,1-3H3,(H2,12,16). The average molecular weight is 288 g/mol. The predicted molar refractivity (Wildman–Crippen MR) is 75.7 cm³/mol. The number of nitrogens with one attached hydrogen (secondary N) is 1. The Morgan fingerprint density at radius 1 is 1.72 bits per heavy atom.